The van der Waals surface area contributed by atoms with E-state index in [1.807, 2.05) is 36.4 Å². The molecule has 0 spiro atoms. The highest BCUT2D eigenvalue weighted by Crippen LogP contribution is 2.31. The molecule has 0 bridgehead atoms. The monoisotopic (exact) mass is 596 g/mol. The Labute approximate surface area is 219 Å². The molecule has 186 valence electrons. The molecule has 0 fully saturated rings. The van der Waals surface area contributed by atoms with Gasteiger partial charge < -0.3 is 20.1 Å². The largest absolute Gasteiger partial charge is 0.483 e. The van der Waals surface area contributed by atoms with Crippen molar-refractivity contribution >= 4 is 43.7 Å². The summed E-state index contributed by atoms with van der Waals surface area (Å²) in [6.45, 7) is 9.04. The van der Waals surface area contributed by atoms with Gasteiger partial charge in [-0.2, -0.15) is 0 Å². The van der Waals surface area contributed by atoms with Crippen molar-refractivity contribution in [1.82, 2.24) is 10.6 Å². The van der Waals surface area contributed by atoms with Gasteiger partial charge in [0, 0.05) is 13.1 Å². The first-order chi connectivity index (χ1) is 16.2. The second kappa shape index (κ2) is 14.4. The zero-order valence-electron chi connectivity index (χ0n) is 20.3. The molecule has 34 heavy (non-hydrogen) atoms. The minimum atomic E-state index is -0.256. The molecule has 2 aromatic carbocycles. The number of rotatable bonds is 13. The van der Waals surface area contributed by atoms with E-state index in [0.29, 0.717) is 36.4 Å². The van der Waals surface area contributed by atoms with Crippen LogP contribution in [0.5, 0.6) is 11.5 Å². The fraction of sp³-hybridized carbons (Fsp3) is 0.462. The summed E-state index contributed by atoms with van der Waals surface area (Å²) in [5.41, 5.74) is 2.45. The maximum absolute atomic E-state index is 12.0. The van der Waals surface area contributed by atoms with Crippen LogP contribution < -0.4 is 20.1 Å². The van der Waals surface area contributed by atoms with Crippen molar-refractivity contribution in [2.75, 3.05) is 26.3 Å². The van der Waals surface area contributed by atoms with Crippen molar-refractivity contribution in [2.24, 2.45) is 0 Å². The third kappa shape index (κ3) is 8.95. The van der Waals surface area contributed by atoms with Gasteiger partial charge in [0.2, 0.25) is 0 Å². The van der Waals surface area contributed by atoms with Crippen molar-refractivity contribution < 1.29 is 19.1 Å². The summed E-state index contributed by atoms with van der Waals surface area (Å²) in [5.74, 6) is 1.66. The Morgan fingerprint density at radius 1 is 0.765 bits per heavy atom. The van der Waals surface area contributed by atoms with Gasteiger partial charge in [0.05, 0.1) is 8.95 Å². The van der Waals surface area contributed by atoms with E-state index in [4.69, 9.17) is 9.47 Å². The number of hydrogen-bond acceptors (Lipinski definition) is 4. The summed E-state index contributed by atoms with van der Waals surface area (Å²) >= 11 is 7.01. The summed E-state index contributed by atoms with van der Waals surface area (Å²) in [6, 6.07) is 11.8. The van der Waals surface area contributed by atoms with Crippen LogP contribution in [0.1, 0.15) is 63.5 Å². The summed E-state index contributed by atoms with van der Waals surface area (Å²) in [6.07, 6.45) is 2.11. The smallest absolute Gasteiger partial charge is 0.258 e. The molecular formula is C26H34Br2N2O4. The fourth-order valence-corrected chi connectivity index (χ4v) is 4.17. The quantitative estimate of drug-likeness (QED) is 0.281. The maximum Gasteiger partial charge on any atom is 0.258 e. The first kappa shape index (κ1) is 28.2. The van der Waals surface area contributed by atoms with Crippen LogP contribution in [0.2, 0.25) is 0 Å². The fourth-order valence-electron chi connectivity index (χ4n) is 3.15. The highest BCUT2D eigenvalue weighted by Gasteiger charge is 2.11. The molecule has 2 rings (SSSR count). The molecule has 0 saturated carbocycles. The summed E-state index contributed by atoms with van der Waals surface area (Å²) in [4.78, 5) is 24.1. The van der Waals surface area contributed by atoms with E-state index < -0.39 is 0 Å². The third-order valence-corrected chi connectivity index (χ3v) is 7.00. The van der Waals surface area contributed by atoms with Crippen LogP contribution in [0, 0.1) is 0 Å². The Morgan fingerprint density at radius 3 is 1.47 bits per heavy atom. The number of carbonyl (C=O) groups excluding carboxylic acids is 2. The molecule has 2 unspecified atom stereocenters. The zero-order valence-corrected chi connectivity index (χ0v) is 23.4. The van der Waals surface area contributed by atoms with E-state index in [0.717, 1.165) is 21.8 Å². The van der Waals surface area contributed by atoms with Gasteiger partial charge in [0.15, 0.2) is 13.2 Å². The van der Waals surface area contributed by atoms with Gasteiger partial charge in [0.25, 0.3) is 11.8 Å². The van der Waals surface area contributed by atoms with Gasteiger partial charge >= 0.3 is 0 Å². The van der Waals surface area contributed by atoms with Crippen LogP contribution in [0.4, 0.5) is 0 Å². The lowest BCUT2D eigenvalue weighted by Gasteiger charge is -2.13. The Hall–Kier alpha value is -2.06. The second-order valence-corrected chi connectivity index (χ2v) is 9.98. The molecule has 2 amide bonds. The van der Waals surface area contributed by atoms with Crippen LogP contribution >= 0.6 is 31.9 Å². The number of amides is 2. The van der Waals surface area contributed by atoms with Crippen molar-refractivity contribution in [3.8, 4) is 11.5 Å². The molecule has 2 atom stereocenters. The van der Waals surface area contributed by atoms with Gasteiger partial charge in [-0.15, -0.1) is 0 Å². The third-order valence-electron chi connectivity index (χ3n) is 5.76. The number of benzene rings is 2. The summed E-state index contributed by atoms with van der Waals surface area (Å²) in [7, 11) is 0. The lowest BCUT2D eigenvalue weighted by Crippen LogP contribution is -2.38. The Morgan fingerprint density at radius 2 is 1.15 bits per heavy atom. The van der Waals surface area contributed by atoms with Crippen LogP contribution in [0.3, 0.4) is 0 Å². The van der Waals surface area contributed by atoms with E-state index in [-0.39, 0.29) is 25.0 Å². The van der Waals surface area contributed by atoms with Crippen LogP contribution in [-0.4, -0.2) is 38.1 Å². The topological polar surface area (TPSA) is 76.7 Å². The average Bonchev–Trinajstić information content (AvgIpc) is 2.83. The second-order valence-electron chi connectivity index (χ2n) is 8.28. The molecule has 0 saturated heterocycles. The standard InChI is InChI=1S/C26H34Br2N2O4/c1-5-17(3)19-7-9-23(21(27)13-19)33-15-25(31)29-11-12-30-26(32)16-34-24-10-8-20(14-22(24)28)18(4)6-2/h7-10,13-14,17-18H,5-6,11-12,15-16H2,1-4H3,(H,29,31)(H,30,32). The van der Waals surface area contributed by atoms with Gasteiger partial charge in [0.1, 0.15) is 11.5 Å². The van der Waals surface area contributed by atoms with Crippen molar-refractivity contribution in [3.05, 3.63) is 56.5 Å². The molecule has 0 aliphatic heterocycles. The minimum Gasteiger partial charge on any atom is -0.483 e. The number of ether oxygens (including phenoxy) is 2. The molecule has 0 radical (unpaired) electrons. The molecule has 0 aliphatic carbocycles. The first-order valence-corrected chi connectivity index (χ1v) is 13.2. The van der Waals surface area contributed by atoms with E-state index in [2.05, 4.69) is 70.2 Å². The van der Waals surface area contributed by atoms with Crippen molar-refractivity contribution in [3.63, 3.8) is 0 Å². The molecule has 6 nitrogen and oxygen atoms in total. The Balaban J connectivity index is 1.66. The lowest BCUT2D eigenvalue weighted by atomic mass is 9.99. The van der Waals surface area contributed by atoms with Crippen LogP contribution in [0.25, 0.3) is 0 Å². The molecule has 2 aromatic rings. The average molecular weight is 598 g/mol. The van der Waals surface area contributed by atoms with Crippen molar-refractivity contribution in [2.45, 2.75) is 52.4 Å². The Kier molecular flexibility index (Phi) is 11.9. The number of halogens is 2. The van der Waals surface area contributed by atoms with Gasteiger partial charge in [-0.1, -0.05) is 39.8 Å². The highest BCUT2D eigenvalue weighted by molar-refractivity contribution is 9.10. The molecule has 0 heterocycles. The van der Waals surface area contributed by atoms with Crippen molar-refractivity contribution in [1.29, 1.82) is 0 Å². The summed E-state index contributed by atoms with van der Waals surface area (Å²) in [5, 5.41) is 5.46. The maximum atomic E-state index is 12.0. The van der Waals surface area contributed by atoms with E-state index in [1.165, 1.54) is 11.1 Å². The number of carbonyl (C=O) groups is 2. The predicted molar refractivity (Wildman–Crippen MR) is 143 cm³/mol. The number of nitrogens with one attached hydrogen (secondary N) is 2. The first-order valence-electron chi connectivity index (χ1n) is 11.6. The molecular weight excluding hydrogens is 564 g/mol. The van der Waals surface area contributed by atoms with E-state index in [1.54, 1.807) is 0 Å². The van der Waals surface area contributed by atoms with E-state index in [9.17, 15) is 9.59 Å². The predicted octanol–water partition coefficient (Wildman–Crippen LogP) is 5.93. The van der Waals surface area contributed by atoms with Crippen LogP contribution in [0.15, 0.2) is 45.3 Å². The minimum absolute atomic E-state index is 0.0982. The molecule has 2 N–H and O–H groups in total. The number of hydrogen-bond donors (Lipinski definition) is 2. The van der Waals surface area contributed by atoms with Gasteiger partial charge in [-0.05, 0) is 91.9 Å². The zero-order chi connectivity index (χ0) is 25.1. The SMILES string of the molecule is CCC(C)c1ccc(OCC(=O)NCCNC(=O)COc2ccc(C(C)CC)cc2Br)c(Br)c1. The highest BCUT2D eigenvalue weighted by atomic mass is 79.9. The lowest BCUT2D eigenvalue weighted by molar-refractivity contribution is -0.124. The normalized spacial score (nSPS) is 12.5. The van der Waals surface area contributed by atoms with Crippen LogP contribution in [-0.2, 0) is 9.59 Å². The molecule has 8 heteroatoms. The summed E-state index contributed by atoms with van der Waals surface area (Å²) < 4.78 is 12.9. The van der Waals surface area contributed by atoms with Gasteiger partial charge in [-0.3, -0.25) is 9.59 Å². The van der Waals surface area contributed by atoms with E-state index >= 15 is 0 Å². The van der Waals surface area contributed by atoms with Gasteiger partial charge in [-0.25, -0.2) is 0 Å². The molecule has 0 aliphatic rings. The Bertz CT molecular complexity index is 890. The molecule has 0 aromatic heterocycles.